The van der Waals surface area contributed by atoms with E-state index in [4.69, 9.17) is 18.4 Å². The zero-order valence-corrected chi connectivity index (χ0v) is 17.1. The Bertz CT molecular complexity index is 1160. The van der Waals surface area contributed by atoms with E-state index in [1.807, 2.05) is 6.92 Å². The fourth-order valence-corrected chi connectivity index (χ4v) is 3.53. The van der Waals surface area contributed by atoms with Gasteiger partial charge in [0.05, 0.1) is 31.6 Å². The van der Waals surface area contributed by atoms with Gasteiger partial charge in [0.1, 0.15) is 5.76 Å². The number of carbonyl (C=O) groups excluding carboxylic acids is 2. The van der Waals surface area contributed by atoms with Crippen LogP contribution in [0.4, 0.5) is 5.82 Å². The number of methoxy groups -OCH3 is 1. The third-order valence-corrected chi connectivity index (χ3v) is 4.86. The lowest BCUT2D eigenvalue weighted by molar-refractivity contribution is -0.117. The first kappa shape index (κ1) is 20.3. The summed E-state index contributed by atoms with van der Waals surface area (Å²) in [5.74, 6) is -0.522. The van der Waals surface area contributed by atoms with Crippen LogP contribution in [0.15, 0.2) is 62.9 Å². The molecule has 1 aromatic carbocycles. The van der Waals surface area contributed by atoms with Crippen LogP contribution < -0.4 is 14.4 Å². The van der Waals surface area contributed by atoms with Gasteiger partial charge in [0.15, 0.2) is 28.8 Å². The molecule has 1 atom stereocenters. The van der Waals surface area contributed by atoms with Crippen molar-refractivity contribution in [1.29, 1.82) is 0 Å². The van der Waals surface area contributed by atoms with Gasteiger partial charge in [-0.3, -0.25) is 14.5 Å². The maximum Gasteiger partial charge on any atom is 0.295 e. The highest BCUT2D eigenvalue weighted by Gasteiger charge is 2.46. The molecule has 1 aliphatic rings. The van der Waals surface area contributed by atoms with Crippen LogP contribution >= 0.6 is 0 Å². The van der Waals surface area contributed by atoms with Crippen molar-refractivity contribution in [3.05, 3.63) is 71.1 Å². The van der Waals surface area contributed by atoms with Gasteiger partial charge in [0, 0.05) is 6.07 Å². The minimum absolute atomic E-state index is 0.00423. The van der Waals surface area contributed by atoms with E-state index in [0.29, 0.717) is 29.4 Å². The normalized spacial score (nSPS) is 16.2. The van der Waals surface area contributed by atoms with Crippen molar-refractivity contribution in [1.82, 2.24) is 5.16 Å². The molecule has 1 amide bonds. The number of anilines is 1. The molecule has 160 valence electrons. The zero-order valence-electron chi connectivity index (χ0n) is 17.1. The summed E-state index contributed by atoms with van der Waals surface area (Å²) >= 11 is 0. The number of benzene rings is 1. The van der Waals surface area contributed by atoms with Crippen molar-refractivity contribution >= 4 is 17.5 Å². The average molecular weight is 424 g/mol. The number of aliphatic hydroxyl groups is 1. The molecule has 9 nitrogen and oxygen atoms in total. The molecule has 4 rings (SSSR count). The second-order valence-corrected chi connectivity index (χ2v) is 6.79. The van der Waals surface area contributed by atoms with Crippen LogP contribution in [-0.4, -0.2) is 35.7 Å². The Balaban J connectivity index is 1.88. The van der Waals surface area contributed by atoms with Gasteiger partial charge in [-0.25, -0.2) is 0 Å². The summed E-state index contributed by atoms with van der Waals surface area (Å²) in [4.78, 5) is 27.4. The minimum atomic E-state index is -0.987. The summed E-state index contributed by atoms with van der Waals surface area (Å²) in [6.07, 6.45) is 1.34. The molecular weight excluding hydrogens is 404 g/mol. The highest BCUT2D eigenvalue weighted by Crippen LogP contribution is 2.43. The molecular formula is C22H20N2O7. The monoisotopic (exact) mass is 424 g/mol. The number of aryl methyl sites for hydroxylation is 1. The Kier molecular flexibility index (Phi) is 5.24. The largest absolute Gasteiger partial charge is 0.503 e. The summed E-state index contributed by atoms with van der Waals surface area (Å²) in [6.45, 7) is 3.96. The van der Waals surface area contributed by atoms with Gasteiger partial charge in [-0.1, -0.05) is 11.2 Å². The number of carbonyl (C=O) groups is 2. The summed E-state index contributed by atoms with van der Waals surface area (Å²) < 4.78 is 21.3. The first-order valence-electron chi connectivity index (χ1n) is 9.55. The second-order valence-electron chi connectivity index (χ2n) is 6.79. The molecule has 31 heavy (non-hydrogen) atoms. The summed E-state index contributed by atoms with van der Waals surface area (Å²) in [6, 6.07) is 8.60. The fraction of sp³-hybridized carbons (Fsp3) is 0.227. The van der Waals surface area contributed by atoms with Crippen molar-refractivity contribution in [2.24, 2.45) is 0 Å². The molecule has 3 aromatic rings. The van der Waals surface area contributed by atoms with Crippen LogP contribution in [-0.2, 0) is 4.79 Å². The predicted molar refractivity (Wildman–Crippen MR) is 108 cm³/mol. The third-order valence-electron chi connectivity index (χ3n) is 4.86. The smallest absolute Gasteiger partial charge is 0.295 e. The van der Waals surface area contributed by atoms with E-state index in [1.54, 1.807) is 37.3 Å². The van der Waals surface area contributed by atoms with Gasteiger partial charge in [-0.15, -0.1) is 0 Å². The molecule has 0 spiro atoms. The first-order chi connectivity index (χ1) is 15.0. The lowest BCUT2D eigenvalue weighted by atomic mass is 9.94. The van der Waals surface area contributed by atoms with E-state index in [0.717, 1.165) is 0 Å². The van der Waals surface area contributed by atoms with Crippen molar-refractivity contribution in [3.8, 4) is 11.5 Å². The SMILES string of the molecule is CCOc1ccc(C2C(C(=O)c3ccco3)=C(O)C(=O)N2c2cc(C)on2)cc1OC. The molecule has 0 aliphatic carbocycles. The second kappa shape index (κ2) is 8.02. The van der Waals surface area contributed by atoms with Gasteiger partial charge in [-0.2, -0.15) is 0 Å². The number of furan rings is 1. The van der Waals surface area contributed by atoms with E-state index in [2.05, 4.69) is 5.16 Å². The van der Waals surface area contributed by atoms with Crippen LogP contribution in [0.5, 0.6) is 11.5 Å². The molecule has 0 saturated carbocycles. The van der Waals surface area contributed by atoms with E-state index in [9.17, 15) is 14.7 Å². The number of aromatic nitrogens is 1. The molecule has 0 radical (unpaired) electrons. The quantitative estimate of drug-likeness (QED) is 0.570. The van der Waals surface area contributed by atoms with Crippen LogP contribution in [0.3, 0.4) is 0 Å². The Labute approximate surface area is 177 Å². The van der Waals surface area contributed by atoms with E-state index in [-0.39, 0.29) is 17.2 Å². The van der Waals surface area contributed by atoms with E-state index in [1.165, 1.54) is 24.3 Å². The molecule has 3 heterocycles. The number of hydrogen-bond acceptors (Lipinski definition) is 8. The maximum atomic E-state index is 13.2. The van der Waals surface area contributed by atoms with E-state index < -0.39 is 23.5 Å². The number of rotatable bonds is 7. The highest BCUT2D eigenvalue weighted by molar-refractivity contribution is 6.19. The average Bonchev–Trinajstić information content (AvgIpc) is 3.49. The maximum absolute atomic E-state index is 13.2. The number of nitrogens with zero attached hydrogens (tertiary/aromatic N) is 2. The van der Waals surface area contributed by atoms with Crippen LogP contribution in [0.2, 0.25) is 0 Å². The van der Waals surface area contributed by atoms with Crippen molar-refractivity contribution in [2.75, 3.05) is 18.6 Å². The number of amides is 1. The molecule has 9 heteroatoms. The van der Waals surface area contributed by atoms with Gasteiger partial charge >= 0.3 is 0 Å². The Morgan fingerprint density at radius 1 is 1.26 bits per heavy atom. The van der Waals surface area contributed by atoms with Crippen LogP contribution in [0.25, 0.3) is 0 Å². The Hall–Kier alpha value is -4.01. The fourth-order valence-electron chi connectivity index (χ4n) is 3.53. The van der Waals surface area contributed by atoms with Gasteiger partial charge < -0.3 is 23.5 Å². The third kappa shape index (κ3) is 3.43. The minimum Gasteiger partial charge on any atom is -0.503 e. The van der Waals surface area contributed by atoms with Crippen molar-refractivity contribution in [2.45, 2.75) is 19.9 Å². The van der Waals surface area contributed by atoms with Gasteiger partial charge in [0.2, 0.25) is 5.78 Å². The van der Waals surface area contributed by atoms with Gasteiger partial charge in [0.25, 0.3) is 5.91 Å². The van der Waals surface area contributed by atoms with Gasteiger partial charge in [-0.05, 0) is 43.7 Å². The Morgan fingerprint density at radius 3 is 2.68 bits per heavy atom. The summed E-state index contributed by atoms with van der Waals surface area (Å²) in [5, 5.41) is 14.6. The van der Waals surface area contributed by atoms with Crippen LogP contribution in [0.1, 0.15) is 34.8 Å². The first-order valence-corrected chi connectivity index (χ1v) is 9.55. The molecule has 1 unspecified atom stereocenters. The number of hydrogen-bond donors (Lipinski definition) is 1. The predicted octanol–water partition coefficient (Wildman–Crippen LogP) is 3.77. The zero-order chi connectivity index (χ0) is 22.1. The van der Waals surface area contributed by atoms with Crippen LogP contribution in [0, 0.1) is 6.92 Å². The standard InChI is InChI=1S/C22H20N2O7/c1-4-29-14-8-7-13(11-16(14)28-3)19-18(20(25)15-6-5-9-30-15)21(26)22(27)24(19)17-10-12(2)31-23-17/h5-11,19,26H,4H2,1-3H3. The molecule has 1 aliphatic heterocycles. The molecule has 0 bridgehead atoms. The lowest BCUT2D eigenvalue weighted by Gasteiger charge is -2.25. The number of Topliss-reactive ketones (excluding diaryl/α,β-unsaturated/α-hetero) is 1. The molecule has 0 saturated heterocycles. The number of ether oxygens (including phenoxy) is 2. The lowest BCUT2D eigenvalue weighted by Crippen LogP contribution is -2.31. The molecule has 1 N–H and O–H groups in total. The van der Waals surface area contributed by atoms with Crippen molar-refractivity contribution in [3.63, 3.8) is 0 Å². The summed E-state index contributed by atoms with van der Waals surface area (Å²) in [5.41, 5.74) is 0.375. The Morgan fingerprint density at radius 2 is 2.06 bits per heavy atom. The summed E-state index contributed by atoms with van der Waals surface area (Å²) in [7, 11) is 1.49. The highest BCUT2D eigenvalue weighted by atomic mass is 16.5. The molecule has 2 aromatic heterocycles. The molecule has 0 fully saturated rings. The van der Waals surface area contributed by atoms with Crippen molar-refractivity contribution < 1.29 is 33.1 Å². The number of aliphatic hydroxyl groups excluding tert-OH is 1. The number of ketones is 1. The topological polar surface area (TPSA) is 115 Å². The van der Waals surface area contributed by atoms with E-state index >= 15 is 0 Å².